The molecule has 2 nitrogen and oxygen atoms in total. The van der Waals surface area contributed by atoms with Crippen molar-refractivity contribution in [1.82, 2.24) is 0 Å². The van der Waals surface area contributed by atoms with E-state index in [1.54, 1.807) is 6.07 Å². The molecule has 0 aromatic carbocycles. The summed E-state index contributed by atoms with van der Waals surface area (Å²) in [4.78, 5) is 11.4. The van der Waals surface area contributed by atoms with Crippen LogP contribution < -0.4 is 0 Å². The minimum atomic E-state index is -3.08. The number of halogens is 2. The van der Waals surface area contributed by atoms with Gasteiger partial charge >= 0.3 is 0 Å². The Labute approximate surface area is 89.2 Å². The minimum Gasteiger partial charge on any atom is -0.508 e. The highest BCUT2D eigenvalue weighted by Gasteiger charge is 2.12. The molecule has 0 unspecified atom stereocenters. The van der Waals surface area contributed by atoms with E-state index in [1.807, 2.05) is 11.4 Å². The van der Waals surface area contributed by atoms with Gasteiger partial charge in [-0.3, -0.25) is 4.79 Å². The molecule has 0 spiro atoms. The molecule has 80 valence electrons. The van der Waals surface area contributed by atoms with Gasteiger partial charge in [0, 0.05) is 11.0 Å². The maximum atomic E-state index is 11.8. The van der Waals surface area contributed by atoms with Gasteiger partial charge in [0.25, 0.3) is 6.43 Å². The van der Waals surface area contributed by atoms with E-state index in [0.29, 0.717) is 6.08 Å². The quantitative estimate of drug-likeness (QED) is 0.490. The number of aliphatic hydroxyl groups excluding tert-OH is 1. The first-order valence-corrected chi connectivity index (χ1v) is 4.92. The van der Waals surface area contributed by atoms with Crippen LogP contribution in [0.15, 0.2) is 35.4 Å². The summed E-state index contributed by atoms with van der Waals surface area (Å²) in [5, 5.41) is 10.9. The lowest BCUT2D eigenvalue weighted by Crippen LogP contribution is -2.06. The van der Waals surface area contributed by atoms with Gasteiger partial charge in [-0.15, -0.1) is 11.3 Å². The topological polar surface area (TPSA) is 37.3 Å². The normalized spacial score (nSPS) is 12.6. The van der Waals surface area contributed by atoms with E-state index in [0.717, 1.165) is 4.88 Å². The second kappa shape index (κ2) is 5.41. The first-order chi connectivity index (χ1) is 7.09. The van der Waals surface area contributed by atoms with Crippen LogP contribution in [0.3, 0.4) is 0 Å². The van der Waals surface area contributed by atoms with Gasteiger partial charge in [-0.05, 0) is 23.6 Å². The van der Waals surface area contributed by atoms with Crippen LogP contribution in [-0.2, 0) is 4.79 Å². The summed E-state index contributed by atoms with van der Waals surface area (Å²) in [6.07, 6.45) is 0.165. The Hall–Kier alpha value is -1.49. The Balaban J connectivity index is 2.63. The fraction of sp³-hybridized carbons (Fsp3) is 0.100. The van der Waals surface area contributed by atoms with Crippen LogP contribution in [0.1, 0.15) is 4.88 Å². The average molecular weight is 230 g/mol. The second-order valence-electron chi connectivity index (χ2n) is 2.62. The number of ketones is 1. The number of carbonyl (C=O) groups excluding carboxylic acids is 1. The van der Waals surface area contributed by atoms with E-state index in [-0.39, 0.29) is 0 Å². The third kappa shape index (κ3) is 4.03. The van der Waals surface area contributed by atoms with E-state index in [2.05, 4.69) is 0 Å². The average Bonchev–Trinajstić information content (AvgIpc) is 2.66. The zero-order chi connectivity index (χ0) is 11.3. The summed E-state index contributed by atoms with van der Waals surface area (Å²) in [6.45, 7) is 0. The molecule has 1 rings (SSSR count). The summed E-state index contributed by atoms with van der Waals surface area (Å²) in [6, 6.07) is 3.61. The molecule has 0 saturated carbocycles. The van der Waals surface area contributed by atoms with Gasteiger partial charge in [-0.2, -0.15) is 0 Å². The number of alkyl halides is 2. The van der Waals surface area contributed by atoms with Crippen LogP contribution in [0.2, 0.25) is 0 Å². The van der Waals surface area contributed by atoms with Gasteiger partial charge in [-0.25, -0.2) is 8.78 Å². The molecule has 1 N–H and O–H groups in total. The number of aliphatic hydroxyl groups is 1. The molecule has 0 atom stereocenters. The summed E-state index contributed by atoms with van der Waals surface area (Å²) in [5.74, 6) is -1.88. The Bertz CT molecular complexity index is 380. The minimum absolute atomic E-state index is 0.478. The van der Waals surface area contributed by atoms with Gasteiger partial charge in [0.2, 0.25) is 5.78 Å². The van der Waals surface area contributed by atoms with Gasteiger partial charge in [-0.1, -0.05) is 6.07 Å². The maximum Gasteiger partial charge on any atom is 0.300 e. The van der Waals surface area contributed by atoms with Gasteiger partial charge in [0.1, 0.15) is 5.76 Å². The number of allylic oxidation sites excluding steroid dienone is 2. The fourth-order valence-electron chi connectivity index (χ4n) is 0.810. The molecule has 0 amide bonds. The number of thiophene rings is 1. The zero-order valence-electron chi connectivity index (χ0n) is 7.56. The van der Waals surface area contributed by atoms with E-state index < -0.39 is 18.0 Å². The molecular formula is C10H8F2O2S. The summed E-state index contributed by atoms with van der Waals surface area (Å²) in [7, 11) is 0. The summed E-state index contributed by atoms with van der Waals surface area (Å²) >= 11 is 1.43. The predicted molar refractivity (Wildman–Crippen MR) is 55.1 cm³/mol. The van der Waals surface area contributed by atoms with Crippen LogP contribution in [0.4, 0.5) is 8.78 Å². The first-order valence-electron chi connectivity index (χ1n) is 4.04. The van der Waals surface area contributed by atoms with Crippen molar-refractivity contribution in [3.8, 4) is 0 Å². The number of carbonyl (C=O) groups is 1. The molecule has 15 heavy (non-hydrogen) atoms. The first kappa shape index (κ1) is 11.6. The van der Waals surface area contributed by atoms with Crippen molar-refractivity contribution < 1.29 is 18.7 Å². The predicted octanol–water partition coefficient (Wildman–Crippen LogP) is 3.04. The smallest absolute Gasteiger partial charge is 0.300 e. The fourth-order valence-corrected chi connectivity index (χ4v) is 1.43. The van der Waals surface area contributed by atoms with Crippen LogP contribution in [-0.4, -0.2) is 17.3 Å². The number of hydrogen-bond acceptors (Lipinski definition) is 3. The van der Waals surface area contributed by atoms with Gasteiger partial charge in [0.15, 0.2) is 0 Å². The molecule has 0 saturated heterocycles. The highest BCUT2D eigenvalue weighted by Crippen LogP contribution is 2.11. The number of hydrogen-bond donors (Lipinski definition) is 1. The van der Waals surface area contributed by atoms with E-state index in [9.17, 15) is 13.6 Å². The molecule has 0 radical (unpaired) electrons. The third-order valence-corrected chi connectivity index (χ3v) is 2.30. The third-order valence-electron chi connectivity index (χ3n) is 1.47. The molecule has 1 aromatic heterocycles. The highest BCUT2D eigenvalue weighted by molar-refractivity contribution is 7.10. The molecule has 5 heteroatoms. The standard InChI is InChI=1S/C10H8F2O2S/c11-10(12)9(14)6-7(13)3-4-8-2-1-5-15-8/h1-6,10,13H/b4-3+,7-6-. The Morgan fingerprint density at radius 1 is 1.53 bits per heavy atom. The van der Waals surface area contributed by atoms with Crippen LogP contribution in [0.5, 0.6) is 0 Å². The van der Waals surface area contributed by atoms with E-state index in [1.165, 1.54) is 23.5 Å². The molecule has 1 aromatic rings. The lowest BCUT2D eigenvalue weighted by molar-refractivity contribution is -0.124. The molecule has 0 bridgehead atoms. The molecule has 0 aliphatic rings. The lowest BCUT2D eigenvalue weighted by Gasteiger charge is -1.92. The second-order valence-corrected chi connectivity index (χ2v) is 3.60. The molecule has 1 heterocycles. The van der Waals surface area contributed by atoms with Crippen molar-refractivity contribution in [2.75, 3.05) is 0 Å². The van der Waals surface area contributed by atoms with Crippen molar-refractivity contribution >= 4 is 23.2 Å². The highest BCUT2D eigenvalue weighted by atomic mass is 32.1. The summed E-state index contributed by atoms with van der Waals surface area (Å²) < 4.78 is 23.6. The Morgan fingerprint density at radius 2 is 2.27 bits per heavy atom. The van der Waals surface area contributed by atoms with E-state index in [4.69, 9.17) is 5.11 Å². The van der Waals surface area contributed by atoms with Crippen molar-refractivity contribution in [2.24, 2.45) is 0 Å². The molecular weight excluding hydrogens is 222 g/mol. The van der Waals surface area contributed by atoms with Crippen LogP contribution in [0.25, 0.3) is 6.08 Å². The van der Waals surface area contributed by atoms with Crippen molar-refractivity contribution in [1.29, 1.82) is 0 Å². The zero-order valence-corrected chi connectivity index (χ0v) is 8.38. The van der Waals surface area contributed by atoms with Crippen LogP contribution >= 0.6 is 11.3 Å². The largest absolute Gasteiger partial charge is 0.508 e. The molecule has 0 fully saturated rings. The molecule has 0 aliphatic heterocycles. The van der Waals surface area contributed by atoms with Crippen molar-refractivity contribution in [3.63, 3.8) is 0 Å². The lowest BCUT2D eigenvalue weighted by atomic mass is 10.3. The number of rotatable bonds is 4. The maximum absolute atomic E-state index is 11.8. The Kier molecular flexibility index (Phi) is 4.17. The SMILES string of the molecule is O=C(/C=C(O)/C=C/c1cccs1)C(F)F. The summed E-state index contributed by atoms with van der Waals surface area (Å²) in [5.41, 5.74) is 0. The monoisotopic (exact) mass is 230 g/mol. The van der Waals surface area contributed by atoms with Gasteiger partial charge < -0.3 is 5.11 Å². The van der Waals surface area contributed by atoms with Gasteiger partial charge in [0.05, 0.1) is 0 Å². The Morgan fingerprint density at radius 3 is 2.80 bits per heavy atom. The van der Waals surface area contributed by atoms with E-state index >= 15 is 0 Å². The van der Waals surface area contributed by atoms with Crippen molar-refractivity contribution in [2.45, 2.75) is 6.43 Å². The van der Waals surface area contributed by atoms with Crippen LogP contribution in [0, 0.1) is 0 Å². The molecule has 0 aliphatic carbocycles. The van der Waals surface area contributed by atoms with Crippen molar-refractivity contribution in [3.05, 3.63) is 40.3 Å².